The fraction of sp³-hybridized carbons (Fsp3) is 0.706. The summed E-state index contributed by atoms with van der Waals surface area (Å²) >= 11 is 1.76. The summed E-state index contributed by atoms with van der Waals surface area (Å²) < 4.78 is 0. The molecule has 3 rings (SSSR count). The molecule has 4 heteroatoms. The highest BCUT2D eigenvalue weighted by atomic mass is 32.1. The van der Waals surface area contributed by atoms with Gasteiger partial charge in [0.05, 0.1) is 5.54 Å². The number of amides is 1. The van der Waals surface area contributed by atoms with E-state index in [1.54, 1.807) is 11.3 Å². The SMILES string of the molecule is CCCCCCN1C(=O)C2(CCCC2)NC1c1cccs1. The molecule has 116 valence electrons. The molecule has 1 N–H and O–H groups in total. The van der Waals surface area contributed by atoms with E-state index in [-0.39, 0.29) is 11.7 Å². The minimum absolute atomic E-state index is 0.109. The third kappa shape index (κ3) is 2.88. The van der Waals surface area contributed by atoms with Crippen LogP contribution in [0.25, 0.3) is 0 Å². The standard InChI is InChI=1S/C17H26N2OS/c1-2-3-4-7-12-19-15(14-9-8-13-21-14)18-17(16(19)20)10-5-6-11-17/h8-9,13,15,18H,2-7,10-12H2,1H3. The second-order valence-electron chi connectivity index (χ2n) is 6.41. The Bertz CT molecular complexity index is 465. The predicted octanol–water partition coefficient (Wildman–Crippen LogP) is 4.07. The Balaban J connectivity index is 1.74. The van der Waals surface area contributed by atoms with E-state index in [4.69, 9.17) is 0 Å². The number of nitrogens with zero attached hydrogens (tertiary/aromatic N) is 1. The molecule has 1 atom stereocenters. The van der Waals surface area contributed by atoms with Gasteiger partial charge >= 0.3 is 0 Å². The zero-order valence-corrected chi connectivity index (χ0v) is 13.8. The molecule has 21 heavy (non-hydrogen) atoms. The Morgan fingerprint density at radius 1 is 1.33 bits per heavy atom. The molecule has 1 aromatic heterocycles. The van der Waals surface area contributed by atoms with Crippen LogP contribution < -0.4 is 5.32 Å². The molecular formula is C17H26N2OS. The number of hydrogen-bond donors (Lipinski definition) is 1. The van der Waals surface area contributed by atoms with E-state index < -0.39 is 0 Å². The van der Waals surface area contributed by atoms with Gasteiger partial charge in [-0.05, 0) is 30.7 Å². The van der Waals surface area contributed by atoms with Crippen molar-refractivity contribution >= 4 is 17.2 Å². The lowest BCUT2D eigenvalue weighted by Crippen LogP contribution is -2.44. The maximum atomic E-state index is 13.0. The quantitative estimate of drug-likeness (QED) is 0.803. The summed E-state index contributed by atoms with van der Waals surface area (Å²) in [5.74, 6) is 0.356. The molecule has 1 saturated carbocycles. The van der Waals surface area contributed by atoms with Crippen LogP contribution in [0.5, 0.6) is 0 Å². The van der Waals surface area contributed by atoms with Gasteiger partial charge in [0, 0.05) is 11.4 Å². The van der Waals surface area contributed by atoms with Crippen LogP contribution in [0.3, 0.4) is 0 Å². The third-order valence-corrected chi connectivity index (χ3v) is 5.84. The summed E-state index contributed by atoms with van der Waals surface area (Å²) in [5, 5.41) is 5.80. The molecule has 1 spiro atoms. The molecule has 1 aliphatic heterocycles. The van der Waals surface area contributed by atoms with Crippen molar-refractivity contribution in [1.29, 1.82) is 0 Å². The second kappa shape index (κ2) is 6.49. The van der Waals surface area contributed by atoms with Gasteiger partial charge in [-0.25, -0.2) is 0 Å². The molecule has 1 aliphatic carbocycles. The number of hydrogen-bond acceptors (Lipinski definition) is 3. The summed E-state index contributed by atoms with van der Waals surface area (Å²) in [4.78, 5) is 16.4. The zero-order chi connectivity index (χ0) is 14.7. The molecule has 1 saturated heterocycles. The molecule has 3 nitrogen and oxygen atoms in total. The Hall–Kier alpha value is -0.870. The minimum Gasteiger partial charge on any atom is -0.320 e. The van der Waals surface area contributed by atoms with Crippen LogP contribution in [0.2, 0.25) is 0 Å². The third-order valence-electron chi connectivity index (χ3n) is 4.92. The predicted molar refractivity (Wildman–Crippen MR) is 87.2 cm³/mol. The van der Waals surface area contributed by atoms with Crippen molar-refractivity contribution in [3.05, 3.63) is 22.4 Å². The van der Waals surface area contributed by atoms with E-state index >= 15 is 0 Å². The van der Waals surface area contributed by atoms with E-state index in [0.717, 1.165) is 25.8 Å². The van der Waals surface area contributed by atoms with Crippen LogP contribution in [0.15, 0.2) is 17.5 Å². The first-order valence-corrected chi connectivity index (χ1v) is 9.27. The molecule has 0 radical (unpaired) electrons. The number of nitrogens with one attached hydrogen (secondary N) is 1. The van der Waals surface area contributed by atoms with E-state index in [0.29, 0.717) is 5.91 Å². The van der Waals surface area contributed by atoms with Gasteiger partial charge in [-0.15, -0.1) is 11.3 Å². The number of unbranched alkanes of at least 4 members (excludes halogenated alkanes) is 3. The highest BCUT2D eigenvalue weighted by Gasteiger charge is 2.52. The average molecular weight is 306 g/mol. The topological polar surface area (TPSA) is 32.3 Å². The molecule has 2 aliphatic rings. The van der Waals surface area contributed by atoms with Gasteiger partial charge in [-0.3, -0.25) is 10.1 Å². The van der Waals surface area contributed by atoms with Crippen molar-refractivity contribution in [2.24, 2.45) is 0 Å². The Morgan fingerprint density at radius 2 is 2.14 bits per heavy atom. The van der Waals surface area contributed by atoms with Gasteiger partial charge in [0.2, 0.25) is 5.91 Å². The van der Waals surface area contributed by atoms with Crippen LogP contribution >= 0.6 is 11.3 Å². The van der Waals surface area contributed by atoms with Crippen molar-refractivity contribution in [2.75, 3.05) is 6.54 Å². The Labute approximate surface area is 131 Å². The van der Waals surface area contributed by atoms with Gasteiger partial charge in [0.1, 0.15) is 6.17 Å². The molecule has 1 aromatic rings. The van der Waals surface area contributed by atoms with Gasteiger partial charge in [-0.2, -0.15) is 0 Å². The highest BCUT2D eigenvalue weighted by Crippen LogP contribution is 2.41. The molecular weight excluding hydrogens is 280 g/mol. The monoisotopic (exact) mass is 306 g/mol. The molecule has 0 bridgehead atoms. The molecule has 2 heterocycles. The van der Waals surface area contributed by atoms with E-state index in [1.165, 1.54) is 37.0 Å². The van der Waals surface area contributed by atoms with Crippen molar-refractivity contribution < 1.29 is 4.79 Å². The summed E-state index contributed by atoms with van der Waals surface area (Å²) in [7, 11) is 0. The van der Waals surface area contributed by atoms with Crippen molar-refractivity contribution in [1.82, 2.24) is 10.2 Å². The minimum atomic E-state index is -0.251. The van der Waals surface area contributed by atoms with Gasteiger partial charge in [0.25, 0.3) is 0 Å². The number of rotatable bonds is 6. The Kier molecular flexibility index (Phi) is 4.65. The lowest BCUT2D eigenvalue weighted by Gasteiger charge is -2.23. The van der Waals surface area contributed by atoms with Gasteiger partial charge in [-0.1, -0.05) is 45.1 Å². The molecule has 0 aromatic carbocycles. The fourth-order valence-corrected chi connectivity index (χ4v) is 4.53. The van der Waals surface area contributed by atoms with E-state index in [1.807, 2.05) is 0 Å². The molecule has 1 amide bonds. The average Bonchev–Trinajstić information content (AvgIpc) is 3.21. The van der Waals surface area contributed by atoms with Crippen molar-refractivity contribution in [3.63, 3.8) is 0 Å². The van der Waals surface area contributed by atoms with Crippen LogP contribution in [-0.2, 0) is 4.79 Å². The Morgan fingerprint density at radius 3 is 2.81 bits per heavy atom. The van der Waals surface area contributed by atoms with Crippen molar-refractivity contribution in [2.45, 2.75) is 70.0 Å². The van der Waals surface area contributed by atoms with Crippen LogP contribution in [0, 0.1) is 0 Å². The van der Waals surface area contributed by atoms with Gasteiger partial charge < -0.3 is 4.90 Å². The van der Waals surface area contributed by atoms with E-state index in [9.17, 15) is 4.79 Å². The van der Waals surface area contributed by atoms with Crippen LogP contribution in [0.4, 0.5) is 0 Å². The highest BCUT2D eigenvalue weighted by molar-refractivity contribution is 7.10. The lowest BCUT2D eigenvalue weighted by molar-refractivity contribution is -0.133. The number of thiophene rings is 1. The van der Waals surface area contributed by atoms with E-state index in [2.05, 4.69) is 34.7 Å². The maximum absolute atomic E-state index is 13.0. The number of carbonyl (C=O) groups excluding carboxylic acids is 1. The van der Waals surface area contributed by atoms with Crippen LogP contribution in [-0.4, -0.2) is 22.9 Å². The first-order chi connectivity index (χ1) is 10.3. The lowest BCUT2D eigenvalue weighted by atomic mass is 9.98. The first-order valence-electron chi connectivity index (χ1n) is 8.39. The van der Waals surface area contributed by atoms with Crippen molar-refractivity contribution in [3.8, 4) is 0 Å². The summed E-state index contributed by atoms with van der Waals surface area (Å²) in [6.07, 6.45) is 9.35. The summed E-state index contributed by atoms with van der Waals surface area (Å²) in [6.45, 7) is 3.13. The largest absolute Gasteiger partial charge is 0.320 e. The summed E-state index contributed by atoms with van der Waals surface area (Å²) in [6, 6.07) is 4.24. The van der Waals surface area contributed by atoms with Gasteiger partial charge in [0.15, 0.2) is 0 Å². The normalized spacial score (nSPS) is 24.3. The first kappa shape index (κ1) is 15.0. The number of carbonyl (C=O) groups is 1. The van der Waals surface area contributed by atoms with Crippen LogP contribution in [0.1, 0.15) is 69.3 Å². The fourth-order valence-electron chi connectivity index (χ4n) is 3.74. The maximum Gasteiger partial charge on any atom is 0.244 e. The molecule has 1 unspecified atom stereocenters. The second-order valence-corrected chi connectivity index (χ2v) is 7.39. The summed E-state index contributed by atoms with van der Waals surface area (Å²) in [5.41, 5.74) is -0.251. The zero-order valence-electron chi connectivity index (χ0n) is 12.9. The molecule has 2 fully saturated rings. The smallest absolute Gasteiger partial charge is 0.244 e.